The van der Waals surface area contributed by atoms with Crippen LogP contribution in [0.1, 0.15) is 37.9 Å². The van der Waals surface area contributed by atoms with Gasteiger partial charge in [0.25, 0.3) is 10.0 Å². The van der Waals surface area contributed by atoms with Crippen LogP contribution in [0.4, 0.5) is 0 Å². The molecule has 0 radical (unpaired) electrons. The predicted octanol–water partition coefficient (Wildman–Crippen LogP) is 2.21. The van der Waals surface area contributed by atoms with Crippen LogP contribution in [0.2, 0.25) is 0 Å². The molecule has 0 aliphatic carbocycles. The third kappa shape index (κ3) is 3.80. The molecule has 23 heavy (non-hydrogen) atoms. The summed E-state index contributed by atoms with van der Waals surface area (Å²) in [5.41, 5.74) is 0.843. The number of imidazole rings is 1. The molecule has 0 aliphatic heterocycles. The van der Waals surface area contributed by atoms with Gasteiger partial charge in [-0.25, -0.2) is 13.4 Å². The standard InChI is InChI=1S/C16H23N3O3S/c1-13(2)19-11-16(17-12-19)23(21,22)18(3)15(9-10-20)14-7-5-4-6-8-14/h4-8,11-13,15,20H,9-10H2,1-3H3. The van der Waals surface area contributed by atoms with Gasteiger partial charge in [0.1, 0.15) is 0 Å². The zero-order chi connectivity index (χ0) is 17.0. The van der Waals surface area contributed by atoms with Crippen LogP contribution >= 0.6 is 0 Å². The van der Waals surface area contributed by atoms with Crippen molar-refractivity contribution in [1.82, 2.24) is 13.9 Å². The van der Waals surface area contributed by atoms with Gasteiger partial charge in [0.2, 0.25) is 0 Å². The second kappa shape index (κ2) is 7.25. The second-order valence-corrected chi connectivity index (χ2v) is 7.66. The summed E-state index contributed by atoms with van der Waals surface area (Å²) in [6.07, 6.45) is 3.39. The molecular weight excluding hydrogens is 314 g/mol. The number of aromatic nitrogens is 2. The Morgan fingerprint density at radius 3 is 2.43 bits per heavy atom. The van der Waals surface area contributed by atoms with E-state index in [1.165, 1.54) is 23.9 Å². The van der Waals surface area contributed by atoms with Crippen LogP contribution in [-0.2, 0) is 10.0 Å². The molecule has 1 unspecified atom stereocenters. The third-order valence-corrected chi connectivity index (χ3v) is 5.60. The van der Waals surface area contributed by atoms with Crippen LogP contribution in [0.3, 0.4) is 0 Å². The van der Waals surface area contributed by atoms with E-state index in [4.69, 9.17) is 0 Å². The molecule has 6 nitrogen and oxygen atoms in total. The number of hydrogen-bond donors (Lipinski definition) is 1. The van der Waals surface area contributed by atoms with Crippen LogP contribution in [0.25, 0.3) is 0 Å². The first-order valence-electron chi connectivity index (χ1n) is 7.55. The number of aliphatic hydroxyl groups is 1. The Bertz CT molecular complexity index is 726. The summed E-state index contributed by atoms with van der Waals surface area (Å²) in [4.78, 5) is 4.04. The Balaban J connectivity index is 2.35. The summed E-state index contributed by atoms with van der Waals surface area (Å²) >= 11 is 0. The van der Waals surface area contributed by atoms with Gasteiger partial charge in [-0.3, -0.25) is 0 Å². The van der Waals surface area contributed by atoms with E-state index in [0.717, 1.165) is 5.56 Å². The van der Waals surface area contributed by atoms with Crippen LogP contribution in [0.15, 0.2) is 47.9 Å². The Hall–Kier alpha value is -1.70. The quantitative estimate of drug-likeness (QED) is 0.840. The summed E-state index contributed by atoms with van der Waals surface area (Å²) < 4.78 is 28.7. The van der Waals surface area contributed by atoms with E-state index >= 15 is 0 Å². The first-order chi connectivity index (χ1) is 10.9. The lowest BCUT2D eigenvalue weighted by Gasteiger charge is -2.26. The van der Waals surface area contributed by atoms with E-state index in [0.29, 0.717) is 6.42 Å². The molecule has 1 N–H and O–H groups in total. The van der Waals surface area contributed by atoms with E-state index < -0.39 is 16.1 Å². The van der Waals surface area contributed by atoms with Crippen molar-refractivity contribution in [3.63, 3.8) is 0 Å². The van der Waals surface area contributed by atoms with E-state index in [1.54, 1.807) is 4.57 Å². The number of benzene rings is 1. The maximum Gasteiger partial charge on any atom is 0.262 e. The van der Waals surface area contributed by atoms with Crippen molar-refractivity contribution < 1.29 is 13.5 Å². The van der Waals surface area contributed by atoms with E-state index in [9.17, 15) is 13.5 Å². The van der Waals surface area contributed by atoms with Crippen LogP contribution in [0, 0.1) is 0 Å². The topological polar surface area (TPSA) is 75.4 Å². The lowest BCUT2D eigenvalue weighted by Crippen LogP contribution is -2.32. The predicted molar refractivity (Wildman–Crippen MR) is 88.4 cm³/mol. The molecule has 2 aromatic rings. The normalized spacial score (nSPS) is 13.7. The van der Waals surface area contributed by atoms with Gasteiger partial charge in [0, 0.05) is 25.9 Å². The summed E-state index contributed by atoms with van der Waals surface area (Å²) in [6.45, 7) is 3.82. The van der Waals surface area contributed by atoms with Crippen molar-refractivity contribution in [2.45, 2.75) is 37.4 Å². The highest BCUT2D eigenvalue weighted by Crippen LogP contribution is 2.28. The number of nitrogens with zero attached hydrogens (tertiary/aromatic N) is 3. The molecule has 1 atom stereocenters. The molecule has 126 valence electrons. The van der Waals surface area contributed by atoms with E-state index in [2.05, 4.69) is 4.98 Å². The molecule has 0 saturated heterocycles. The number of rotatable bonds is 7. The van der Waals surface area contributed by atoms with Gasteiger partial charge in [-0.15, -0.1) is 0 Å². The highest BCUT2D eigenvalue weighted by molar-refractivity contribution is 7.89. The minimum atomic E-state index is -3.73. The molecule has 0 saturated carbocycles. The van der Waals surface area contributed by atoms with Crippen LogP contribution < -0.4 is 0 Å². The maximum absolute atomic E-state index is 12.8. The first kappa shape index (κ1) is 17.7. The van der Waals surface area contributed by atoms with Crippen molar-refractivity contribution in [2.75, 3.05) is 13.7 Å². The second-order valence-electron chi connectivity index (χ2n) is 5.71. The van der Waals surface area contributed by atoms with Gasteiger partial charge in [-0.05, 0) is 25.8 Å². The number of hydrogen-bond acceptors (Lipinski definition) is 4. The zero-order valence-electron chi connectivity index (χ0n) is 13.6. The van der Waals surface area contributed by atoms with E-state index in [-0.39, 0.29) is 17.7 Å². The summed E-state index contributed by atoms with van der Waals surface area (Å²) in [5, 5.41) is 9.34. The van der Waals surface area contributed by atoms with Crippen molar-refractivity contribution in [1.29, 1.82) is 0 Å². The fourth-order valence-electron chi connectivity index (χ4n) is 2.40. The molecule has 0 bridgehead atoms. The fraction of sp³-hybridized carbons (Fsp3) is 0.438. The van der Waals surface area contributed by atoms with Gasteiger partial charge in [0.05, 0.1) is 12.4 Å². The van der Waals surface area contributed by atoms with Crippen LogP contribution in [0.5, 0.6) is 0 Å². The molecule has 0 fully saturated rings. The lowest BCUT2D eigenvalue weighted by atomic mass is 10.0. The average molecular weight is 337 g/mol. The number of aliphatic hydroxyl groups excluding tert-OH is 1. The van der Waals surface area contributed by atoms with Crippen molar-refractivity contribution in [3.05, 3.63) is 48.4 Å². The molecule has 2 rings (SSSR count). The monoisotopic (exact) mass is 337 g/mol. The molecule has 1 aromatic heterocycles. The van der Waals surface area contributed by atoms with Gasteiger partial charge in [0.15, 0.2) is 5.03 Å². The zero-order valence-corrected chi connectivity index (χ0v) is 14.4. The SMILES string of the molecule is CC(C)n1cnc(S(=O)(=O)N(C)C(CCO)c2ccccc2)c1. The molecule has 0 amide bonds. The highest BCUT2D eigenvalue weighted by atomic mass is 32.2. The Kier molecular flexibility index (Phi) is 5.56. The van der Waals surface area contributed by atoms with Gasteiger partial charge < -0.3 is 9.67 Å². The number of sulfonamides is 1. The van der Waals surface area contributed by atoms with E-state index in [1.807, 2.05) is 44.2 Å². The van der Waals surface area contributed by atoms with Gasteiger partial charge in [-0.2, -0.15) is 4.31 Å². The fourth-order valence-corrected chi connectivity index (χ4v) is 3.70. The molecule has 0 aliphatic rings. The molecule has 1 aromatic carbocycles. The largest absolute Gasteiger partial charge is 0.396 e. The average Bonchev–Trinajstić information content (AvgIpc) is 3.04. The summed E-state index contributed by atoms with van der Waals surface area (Å²) in [6, 6.07) is 9.01. The van der Waals surface area contributed by atoms with Crippen molar-refractivity contribution in [3.8, 4) is 0 Å². The minimum absolute atomic E-state index is 0.0209. The molecule has 1 heterocycles. The smallest absolute Gasteiger partial charge is 0.262 e. The molecule has 0 spiro atoms. The summed E-state index contributed by atoms with van der Waals surface area (Å²) in [5.74, 6) is 0. The van der Waals surface area contributed by atoms with Crippen molar-refractivity contribution in [2.24, 2.45) is 0 Å². The lowest BCUT2D eigenvalue weighted by molar-refractivity contribution is 0.240. The third-order valence-electron chi connectivity index (χ3n) is 3.84. The Labute approximate surface area is 137 Å². The Morgan fingerprint density at radius 1 is 1.26 bits per heavy atom. The van der Waals surface area contributed by atoms with Gasteiger partial charge >= 0.3 is 0 Å². The molecular formula is C16H23N3O3S. The first-order valence-corrected chi connectivity index (χ1v) is 8.99. The maximum atomic E-state index is 12.8. The van der Waals surface area contributed by atoms with Crippen molar-refractivity contribution >= 4 is 10.0 Å². The Morgan fingerprint density at radius 2 is 1.91 bits per heavy atom. The van der Waals surface area contributed by atoms with Gasteiger partial charge in [-0.1, -0.05) is 30.3 Å². The minimum Gasteiger partial charge on any atom is -0.396 e. The summed E-state index contributed by atoms with van der Waals surface area (Å²) in [7, 11) is -2.21. The van der Waals surface area contributed by atoms with Crippen LogP contribution in [-0.4, -0.2) is 41.0 Å². The highest BCUT2D eigenvalue weighted by Gasteiger charge is 2.30. The molecule has 7 heteroatoms.